The first kappa shape index (κ1) is 21.2. The summed E-state index contributed by atoms with van der Waals surface area (Å²) in [5, 5.41) is 5.54. The van der Waals surface area contributed by atoms with E-state index in [0.717, 1.165) is 12.0 Å². The second-order valence-corrected chi connectivity index (χ2v) is 6.17. The molecular weight excluding hydrogens is 360 g/mol. The number of carbonyl (C=O) groups excluding carboxylic acids is 2. The molecule has 0 unspecified atom stereocenters. The topological polar surface area (TPSA) is 85.9 Å². The van der Waals surface area contributed by atoms with Crippen LogP contribution in [0.25, 0.3) is 0 Å². The maximum Gasteiger partial charge on any atom is 0.262 e. The van der Waals surface area contributed by atoms with Crippen LogP contribution in [0.15, 0.2) is 42.5 Å². The monoisotopic (exact) mass is 386 g/mol. The predicted octanol–water partition coefficient (Wildman–Crippen LogP) is 2.79. The standard InChI is InChI=1S/C21H26N2O5/c1-15-5-10-18(19(13-15)27-3)28-14-20(24)23-17-8-6-16(7-9-17)21(25)22-11-4-12-26-2/h5-10,13H,4,11-12,14H2,1-3H3,(H,22,25)(H,23,24). The van der Waals surface area contributed by atoms with Crippen molar-refractivity contribution < 1.29 is 23.8 Å². The zero-order chi connectivity index (χ0) is 20.4. The van der Waals surface area contributed by atoms with Crippen molar-refractivity contribution in [1.29, 1.82) is 0 Å². The predicted molar refractivity (Wildman–Crippen MR) is 107 cm³/mol. The van der Waals surface area contributed by atoms with Crippen molar-refractivity contribution in [3.05, 3.63) is 53.6 Å². The molecule has 2 amide bonds. The first-order valence-corrected chi connectivity index (χ1v) is 8.98. The van der Waals surface area contributed by atoms with Crippen molar-refractivity contribution in [2.45, 2.75) is 13.3 Å². The lowest BCUT2D eigenvalue weighted by Gasteiger charge is -2.11. The van der Waals surface area contributed by atoms with E-state index in [1.54, 1.807) is 44.6 Å². The fourth-order valence-corrected chi connectivity index (χ4v) is 2.46. The number of carbonyl (C=O) groups is 2. The summed E-state index contributed by atoms with van der Waals surface area (Å²) in [6, 6.07) is 12.2. The molecule has 7 nitrogen and oxygen atoms in total. The molecule has 2 N–H and O–H groups in total. The molecule has 0 aromatic heterocycles. The van der Waals surface area contributed by atoms with Crippen LogP contribution < -0.4 is 20.1 Å². The minimum atomic E-state index is -0.306. The number of anilines is 1. The van der Waals surface area contributed by atoms with Gasteiger partial charge in [-0.25, -0.2) is 0 Å². The normalized spacial score (nSPS) is 10.2. The molecule has 7 heteroatoms. The highest BCUT2D eigenvalue weighted by Gasteiger charge is 2.09. The number of ether oxygens (including phenoxy) is 3. The summed E-state index contributed by atoms with van der Waals surface area (Å²) in [7, 11) is 3.17. The van der Waals surface area contributed by atoms with Gasteiger partial charge in [0.2, 0.25) is 0 Å². The fraction of sp³-hybridized carbons (Fsp3) is 0.333. The van der Waals surface area contributed by atoms with E-state index in [-0.39, 0.29) is 18.4 Å². The van der Waals surface area contributed by atoms with E-state index >= 15 is 0 Å². The molecular formula is C21H26N2O5. The van der Waals surface area contributed by atoms with Gasteiger partial charge >= 0.3 is 0 Å². The van der Waals surface area contributed by atoms with Crippen LogP contribution in [0.5, 0.6) is 11.5 Å². The number of hydrogen-bond acceptors (Lipinski definition) is 5. The number of aryl methyl sites for hydroxylation is 1. The number of amides is 2. The number of methoxy groups -OCH3 is 2. The van der Waals surface area contributed by atoms with Crippen LogP contribution >= 0.6 is 0 Å². The molecule has 0 heterocycles. The van der Waals surface area contributed by atoms with Crippen LogP contribution in [0, 0.1) is 6.92 Å². The Hall–Kier alpha value is -3.06. The lowest BCUT2D eigenvalue weighted by molar-refractivity contribution is -0.118. The minimum Gasteiger partial charge on any atom is -0.493 e. The molecule has 0 atom stereocenters. The molecule has 0 radical (unpaired) electrons. The zero-order valence-electron chi connectivity index (χ0n) is 16.4. The van der Waals surface area contributed by atoms with E-state index in [9.17, 15) is 9.59 Å². The van der Waals surface area contributed by atoms with Crippen LogP contribution in [-0.4, -0.2) is 45.8 Å². The molecule has 0 saturated carbocycles. The van der Waals surface area contributed by atoms with Crippen molar-refractivity contribution in [1.82, 2.24) is 5.32 Å². The quantitative estimate of drug-likeness (QED) is 0.613. The first-order chi connectivity index (χ1) is 13.5. The molecule has 28 heavy (non-hydrogen) atoms. The Bertz CT molecular complexity index is 790. The van der Waals surface area contributed by atoms with Gasteiger partial charge in [0, 0.05) is 31.5 Å². The first-order valence-electron chi connectivity index (χ1n) is 8.98. The summed E-state index contributed by atoms with van der Waals surface area (Å²) in [5.41, 5.74) is 2.15. The van der Waals surface area contributed by atoms with Crippen molar-refractivity contribution >= 4 is 17.5 Å². The number of benzene rings is 2. The summed E-state index contributed by atoms with van der Waals surface area (Å²) >= 11 is 0. The molecule has 2 rings (SSSR count). The third-order valence-corrected chi connectivity index (χ3v) is 3.92. The van der Waals surface area contributed by atoms with Gasteiger partial charge in [0.1, 0.15) is 0 Å². The lowest BCUT2D eigenvalue weighted by Crippen LogP contribution is -2.25. The summed E-state index contributed by atoms with van der Waals surface area (Å²) in [4.78, 5) is 24.1. The van der Waals surface area contributed by atoms with Crippen molar-refractivity contribution in [3.63, 3.8) is 0 Å². The Balaban J connectivity index is 1.83. The Morgan fingerprint density at radius 3 is 2.43 bits per heavy atom. The van der Waals surface area contributed by atoms with E-state index in [4.69, 9.17) is 14.2 Å². The van der Waals surface area contributed by atoms with Gasteiger partial charge in [-0.3, -0.25) is 9.59 Å². The van der Waals surface area contributed by atoms with Crippen molar-refractivity contribution in [2.24, 2.45) is 0 Å². The van der Waals surface area contributed by atoms with Crippen molar-refractivity contribution in [2.75, 3.05) is 39.3 Å². The number of hydrogen-bond donors (Lipinski definition) is 2. The maximum atomic E-state index is 12.1. The minimum absolute atomic E-state index is 0.152. The number of rotatable bonds is 10. The third-order valence-electron chi connectivity index (χ3n) is 3.92. The van der Waals surface area contributed by atoms with Crippen molar-refractivity contribution in [3.8, 4) is 11.5 Å². The molecule has 150 valence electrons. The third kappa shape index (κ3) is 6.59. The number of nitrogens with one attached hydrogen (secondary N) is 2. The van der Waals surface area contributed by atoms with Crippen LogP contribution in [0.3, 0.4) is 0 Å². The van der Waals surface area contributed by atoms with Gasteiger partial charge in [-0.15, -0.1) is 0 Å². The molecule has 0 spiro atoms. The Labute approximate surface area is 165 Å². The highest BCUT2D eigenvalue weighted by atomic mass is 16.5. The van der Waals surface area contributed by atoms with Gasteiger partial charge in [0.05, 0.1) is 7.11 Å². The van der Waals surface area contributed by atoms with E-state index in [0.29, 0.717) is 35.9 Å². The molecule has 2 aromatic rings. The average Bonchev–Trinajstić information content (AvgIpc) is 2.70. The largest absolute Gasteiger partial charge is 0.493 e. The summed E-state index contributed by atoms with van der Waals surface area (Å²) in [6.45, 7) is 2.94. The highest BCUT2D eigenvalue weighted by molar-refractivity contribution is 5.96. The van der Waals surface area contributed by atoms with Gasteiger partial charge in [-0.2, -0.15) is 0 Å². The molecule has 0 aliphatic rings. The molecule has 0 bridgehead atoms. The van der Waals surface area contributed by atoms with E-state index in [1.165, 1.54) is 0 Å². The Morgan fingerprint density at radius 1 is 1.00 bits per heavy atom. The maximum absolute atomic E-state index is 12.1. The van der Waals surface area contributed by atoms with Crippen LogP contribution in [0.4, 0.5) is 5.69 Å². The van der Waals surface area contributed by atoms with E-state index in [1.807, 2.05) is 19.1 Å². The summed E-state index contributed by atoms with van der Waals surface area (Å²) in [5.74, 6) is 0.612. The molecule has 0 aliphatic heterocycles. The molecule has 0 fully saturated rings. The second-order valence-electron chi connectivity index (χ2n) is 6.17. The second kappa shape index (κ2) is 10.9. The lowest BCUT2D eigenvalue weighted by atomic mass is 10.2. The molecule has 2 aromatic carbocycles. The average molecular weight is 386 g/mol. The Kier molecular flexibility index (Phi) is 8.30. The molecule has 0 aliphatic carbocycles. The van der Waals surface area contributed by atoms with Crippen LogP contribution in [0.2, 0.25) is 0 Å². The van der Waals surface area contributed by atoms with Crippen LogP contribution in [-0.2, 0) is 9.53 Å². The van der Waals surface area contributed by atoms with Gasteiger partial charge in [-0.05, 0) is 55.3 Å². The van der Waals surface area contributed by atoms with Gasteiger partial charge in [0.25, 0.3) is 11.8 Å². The zero-order valence-corrected chi connectivity index (χ0v) is 16.4. The fourth-order valence-electron chi connectivity index (χ4n) is 2.46. The van der Waals surface area contributed by atoms with Gasteiger partial charge in [-0.1, -0.05) is 6.07 Å². The van der Waals surface area contributed by atoms with E-state index < -0.39 is 0 Å². The smallest absolute Gasteiger partial charge is 0.262 e. The molecule has 0 saturated heterocycles. The van der Waals surface area contributed by atoms with Gasteiger partial charge < -0.3 is 24.8 Å². The van der Waals surface area contributed by atoms with E-state index in [2.05, 4.69) is 10.6 Å². The summed E-state index contributed by atoms with van der Waals surface area (Å²) in [6.07, 6.45) is 0.752. The van der Waals surface area contributed by atoms with Gasteiger partial charge in [0.15, 0.2) is 18.1 Å². The Morgan fingerprint density at radius 2 is 1.75 bits per heavy atom. The SMILES string of the molecule is COCCCNC(=O)c1ccc(NC(=O)COc2ccc(C)cc2OC)cc1. The summed E-state index contributed by atoms with van der Waals surface area (Å²) < 4.78 is 15.7. The van der Waals surface area contributed by atoms with Crippen LogP contribution in [0.1, 0.15) is 22.3 Å². The highest BCUT2D eigenvalue weighted by Crippen LogP contribution is 2.27.